The number of fused-ring (bicyclic) bond motifs is 1. The van der Waals surface area contributed by atoms with Gasteiger partial charge < -0.3 is 10.5 Å². The van der Waals surface area contributed by atoms with E-state index in [9.17, 15) is 10.1 Å². The number of pyridine rings is 1. The molecular weight excluding hydrogens is 290 g/mol. The van der Waals surface area contributed by atoms with Crippen LogP contribution in [0.4, 0.5) is 5.82 Å². The molecule has 1 atom stereocenters. The minimum atomic E-state index is -0.204. The normalized spacial score (nSPS) is 16.9. The van der Waals surface area contributed by atoms with Crippen molar-refractivity contribution in [3.8, 4) is 11.8 Å². The molecule has 2 heterocycles. The predicted octanol–water partition coefficient (Wildman–Crippen LogP) is 2.39. The molecule has 2 N–H and O–H groups in total. The van der Waals surface area contributed by atoms with E-state index >= 15 is 0 Å². The molecule has 1 aliphatic rings. The Labute approximate surface area is 134 Å². The summed E-state index contributed by atoms with van der Waals surface area (Å²) < 4.78 is 7.21. The number of hydrogen-bond acceptors (Lipinski definition) is 4. The lowest BCUT2D eigenvalue weighted by atomic mass is 9.91. The third-order valence-electron chi connectivity index (χ3n) is 4.34. The lowest BCUT2D eigenvalue weighted by Gasteiger charge is -2.29. The van der Waals surface area contributed by atoms with Crippen molar-refractivity contribution >= 4 is 5.82 Å². The summed E-state index contributed by atoms with van der Waals surface area (Å²) in [5, 5.41) is 9.58. The van der Waals surface area contributed by atoms with Gasteiger partial charge in [0.2, 0.25) is 0 Å². The highest BCUT2D eigenvalue weighted by atomic mass is 16.5. The molecule has 0 spiro atoms. The van der Waals surface area contributed by atoms with E-state index in [4.69, 9.17) is 10.5 Å². The lowest BCUT2D eigenvalue weighted by molar-refractivity contribution is -0.00117. The van der Waals surface area contributed by atoms with Crippen LogP contribution in [0.1, 0.15) is 30.5 Å². The number of benzene rings is 1. The largest absolute Gasteiger partial charge is 0.384 e. The van der Waals surface area contributed by atoms with Crippen LogP contribution in [0.3, 0.4) is 0 Å². The summed E-state index contributed by atoms with van der Waals surface area (Å²) in [6, 6.07) is 11.3. The van der Waals surface area contributed by atoms with E-state index in [2.05, 4.69) is 19.9 Å². The molecule has 0 radical (unpaired) electrons. The van der Waals surface area contributed by atoms with Gasteiger partial charge in [0.25, 0.3) is 5.56 Å². The Bertz CT molecular complexity index is 832. The van der Waals surface area contributed by atoms with E-state index < -0.39 is 0 Å². The number of nitrogen functional groups attached to an aromatic ring is 1. The Morgan fingerprint density at radius 3 is 2.61 bits per heavy atom. The molecule has 1 aliphatic heterocycles. The first kappa shape index (κ1) is 15.3. The summed E-state index contributed by atoms with van der Waals surface area (Å²) in [7, 11) is 0. The van der Waals surface area contributed by atoms with Crippen molar-refractivity contribution in [2.75, 3.05) is 5.73 Å². The summed E-state index contributed by atoms with van der Waals surface area (Å²) >= 11 is 0. The summed E-state index contributed by atoms with van der Waals surface area (Å²) in [6.45, 7) is 4.35. The third-order valence-corrected chi connectivity index (χ3v) is 4.34. The van der Waals surface area contributed by atoms with E-state index in [1.165, 1.54) is 4.57 Å². The highest BCUT2D eigenvalue weighted by Crippen LogP contribution is 2.29. The molecule has 0 amide bonds. The maximum Gasteiger partial charge on any atom is 0.262 e. The Morgan fingerprint density at radius 1 is 1.30 bits per heavy atom. The highest BCUT2D eigenvalue weighted by Gasteiger charge is 2.29. The molecule has 5 nitrogen and oxygen atoms in total. The van der Waals surface area contributed by atoms with Crippen molar-refractivity contribution in [1.82, 2.24) is 4.57 Å². The van der Waals surface area contributed by atoms with E-state index in [-0.39, 0.29) is 24.1 Å². The van der Waals surface area contributed by atoms with E-state index in [1.54, 1.807) is 12.1 Å². The van der Waals surface area contributed by atoms with Crippen LogP contribution in [-0.2, 0) is 17.8 Å². The smallest absolute Gasteiger partial charge is 0.262 e. The molecule has 0 unspecified atom stereocenters. The van der Waals surface area contributed by atoms with Crippen LogP contribution < -0.4 is 11.3 Å². The van der Waals surface area contributed by atoms with Gasteiger partial charge in [-0.25, -0.2) is 0 Å². The van der Waals surface area contributed by atoms with Crippen molar-refractivity contribution in [1.29, 1.82) is 5.26 Å². The van der Waals surface area contributed by atoms with Crippen LogP contribution in [0.5, 0.6) is 0 Å². The number of anilines is 1. The molecule has 0 saturated carbocycles. The summed E-state index contributed by atoms with van der Waals surface area (Å²) in [6.07, 6.45) is 0.547. The molecule has 0 bridgehead atoms. The minimum absolute atomic E-state index is 0.000903. The van der Waals surface area contributed by atoms with Crippen molar-refractivity contribution in [2.45, 2.75) is 33.0 Å². The van der Waals surface area contributed by atoms with Crippen LogP contribution in [0.25, 0.3) is 5.69 Å². The number of rotatable bonds is 2. The predicted molar refractivity (Wildman–Crippen MR) is 88.3 cm³/mol. The van der Waals surface area contributed by atoms with Gasteiger partial charge in [-0.15, -0.1) is 0 Å². The quantitative estimate of drug-likeness (QED) is 0.923. The summed E-state index contributed by atoms with van der Waals surface area (Å²) in [5.74, 6) is 0.513. The number of ether oxygens (including phenoxy) is 1. The van der Waals surface area contributed by atoms with Gasteiger partial charge in [-0.1, -0.05) is 32.0 Å². The summed E-state index contributed by atoms with van der Waals surface area (Å²) in [5.41, 5.74) is 8.29. The number of nitriles is 1. The maximum atomic E-state index is 12.9. The van der Waals surface area contributed by atoms with E-state index in [0.717, 1.165) is 5.56 Å². The molecule has 0 saturated heterocycles. The van der Waals surface area contributed by atoms with Crippen molar-refractivity contribution in [3.05, 3.63) is 57.4 Å². The second-order valence-corrected chi connectivity index (χ2v) is 6.10. The molecule has 5 heteroatoms. The molecule has 118 valence electrons. The molecule has 1 aromatic carbocycles. The van der Waals surface area contributed by atoms with Gasteiger partial charge in [0.05, 0.1) is 24.0 Å². The second kappa shape index (κ2) is 5.90. The fourth-order valence-corrected chi connectivity index (χ4v) is 3.00. The first-order valence-electron chi connectivity index (χ1n) is 7.68. The Balaban J connectivity index is 2.25. The number of nitrogens with zero attached hydrogens (tertiary/aromatic N) is 2. The zero-order chi connectivity index (χ0) is 16.6. The Hall–Kier alpha value is -2.58. The fourth-order valence-electron chi connectivity index (χ4n) is 3.00. The molecular formula is C18H19N3O2. The first-order chi connectivity index (χ1) is 11.0. The van der Waals surface area contributed by atoms with Crippen LogP contribution in [0, 0.1) is 17.2 Å². The average Bonchev–Trinajstić information content (AvgIpc) is 2.56. The van der Waals surface area contributed by atoms with Crippen LogP contribution in [-0.4, -0.2) is 10.7 Å². The van der Waals surface area contributed by atoms with Gasteiger partial charge in [0, 0.05) is 12.0 Å². The molecule has 1 aromatic heterocycles. The van der Waals surface area contributed by atoms with Gasteiger partial charge in [-0.05, 0) is 23.6 Å². The van der Waals surface area contributed by atoms with Gasteiger partial charge in [0.15, 0.2) is 0 Å². The molecule has 2 aromatic rings. The van der Waals surface area contributed by atoms with Crippen LogP contribution >= 0.6 is 0 Å². The number of para-hydroxylation sites is 1. The molecule has 3 rings (SSSR count). The van der Waals surface area contributed by atoms with Crippen molar-refractivity contribution < 1.29 is 4.74 Å². The molecule has 0 fully saturated rings. The first-order valence-corrected chi connectivity index (χ1v) is 7.68. The topological polar surface area (TPSA) is 81.0 Å². The number of aromatic nitrogens is 1. The SMILES string of the molecule is CC(C)[C@@H]1Cc2c(C#N)c(N)n(-c3ccccc3)c(=O)c2CO1. The zero-order valence-corrected chi connectivity index (χ0v) is 13.2. The maximum absolute atomic E-state index is 12.9. The minimum Gasteiger partial charge on any atom is -0.384 e. The Kier molecular flexibility index (Phi) is 3.93. The van der Waals surface area contributed by atoms with Gasteiger partial charge in [-0.3, -0.25) is 9.36 Å². The second-order valence-electron chi connectivity index (χ2n) is 6.10. The highest BCUT2D eigenvalue weighted by molar-refractivity contribution is 5.60. The number of hydrogen-bond donors (Lipinski definition) is 1. The van der Waals surface area contributed by atoms with E-state index in [0.29, 0.717) is 29.2 Å². The molecule has 0 aliphatic carbocycles. The fraction of sp³-hybridized carbons (Fsp3) is 0.333. The van der Waals surface area contributed by atoms with Gasteiger partial charge in [0.1, 0.15) is 11.9 Å². The van der Waals surface area contributed by atoms with Gasteiger partial charge in [-0.2, -0.15) is 5.26 Å². The van der Waals surface area contributed by atoms with Crippen molar-refractivity contribution in [2.24, 2.45) is 5.92 Å². The molecule has 23 heavy (non-hydrogen) atoms. The summed E-state index contributed by atoms with van der Waals surface area (Å²) in [4.78, 5) is 12.9. The third kappa shape index (κ3) is 2.51. The monoisotopic (exact) mass is 309 g/mol. The van der Waals surface area contributed by atoms with Crippen molar-refractivity contribution in [3.63, 3.8) is 0 Å². The van der Waals surface area contributed by atoms with E-state index in [1.807, 2.05) is 18.2 Å². The lowest BCUT2D eigenvalue weighted by Crippen LogP contribution is -2.36. The van der Waals surface area contributed by atoms with Crippen LogP contribution in [0.15, 0.2) is 35.1 Å². The van der Waals surface area contributed by atoms with Crippen LogP contribution in [0.2, 0.25) is 0 Å². The Morgan fingerprint density at radius 2 is 2.00 bits per heavy atom. The average molecular weight is 309 g/mol. The van der Waals surface area contributed by atoms with Gasteiger partial charge >= 0.3 is 0 Å². The number of nitrogens with two attached hydrogens (primary N) is 1. The standard InChI is InChI=1S/C18H19N3O2/c1-11(2)16-8-13-14(9-19)17(20)21(12-6-4-3-5-7-12)18(22)15(13)10-23-16/h3-7,11,16H,8,10,20H2,1-2H3/t16-/m0/s1. The zero-order valence-electron chi connectivity index (χ0n) is 13.2.